The Balaban J connectivity index is 1.15. The van der Waals surface area contributed by atoms with Crippen molar-refractivity contribution >= 4 is 63.8 Å². The van der Waals surface area contributed by atoms with E-state index < -0.39 is 0 Å². The van der Waals surface area contributed by atoms with Gasteiger partial charge in [0.05, 0.1) is 0 Å². The number of hydrogen-bond acceptors (Lipinski definition) is 1. The highest BCUT2D eigenvalue weighted by atomic mass is 32.1. The molecular weight excluding hydrogens is 609 g/mol. The molecule has 10 aromatic rings. The quantitative estimate of drug-likeness (QED) is 0.168. The summed E-state index contributed by atoms with van der Waals surface area (Å²) in [5.41, 5.74) is 9.96. The summed E-state index contributed by atoms with van der Waals surface area (Å²) in [7, 11) is 0. The van der Waals surface area contributed by atoms with Crippen LogP contribution >= 0.6 is 11.3 Å². The first-order valence-electron chi connectivity index (χ1n) is 16.8. The fourth-order valence-electron chi connectivity index (χ4n) is 7.78. The van der Waals surface area contributed by atoms with Gasteiger partial charge in [-0.2, -0.15) is 0 Å². The van der Waals surface area contributed by atoms with Crippen molar-refractivity contribution in [3.8, 4) is 44.5 Å². The molecular formula is C48H30S. The van der Waals surface area contributed by atoms with Gasteiger partial charge in [-0.25, -0.2) is 0 Å². The van der Waals surface area contributed by atoms with Crippen molar-refractivity contribution in [2.45, 2.75) is 0 Å². The van der Waals surface area contributed by atoms with Crippen molar-refractivity contribution in [2.24, 2.45) is 0 Å². The summed E-state index contributed by atoms with van der Waals surface area (Å²) in [6.45, 7) is 0. The Hall–Kier alpha value is -6.02. The van der Waals surface area contributed by atoms with E-state index in [0.717, 1.165) is 0 Å². The zero-order valence-electron chi connectivity index (χ0n) is 26.7. The Morgan fingerprint density at radius 2 is 0.755 bits per heavy atom. The molecule has 10 rings (SSSR count). The molecule has 0 aliphatic carbocycles. The third-order valence-electron chi connectivity index (χ3n) is 10.0. The number of fused-ring (bicyclic) bond motifs is 8. The highest BCUT2D eigenvalue weighted by Crippen LogP contribution is 2.43. The van der Waals surface area contributed by atoms with Gasteiger partial charge in [0.1, 0.15) is 0 Å². The largest absolute Gasteiger partial charge is 0.135 e. The Morgan fingerprint density at radius 1 is 0.286 bits per heavy atom. The van der Waals surface area contributed by atoms with Crippen LogP contribution in [0.3, 0.4) is 0 Å². The predicted octanol–water partition coefficient (Wildman–Crippen LogP) is 14.2. The molecule has 1 aromatic heterocycles. The Kier molecular flexibility index (Phi) is 6.47. The molecule has 0 aliphatic heterocycles. The van der Waals surface area contributed by atoms with Gasteiger partial charge in [0.25, 0.3) is 0 Å². The molecule has 0 fully saturated rings. The van der Waals surface area contributed by atoms with E-state index in [2.05, 4.69) is 182 Å². The van der Waals surface area contributed by atoms with Gasteiger partial charge < -0.3 is 0 Å². The molecule has 1 heteroatoms. The van der Waals surface area contributed by atoms with Crippen LogP contribution in [0, 0.1) is 0 Å². The molecule has 0 radical (unpaired) electrons. The standard InChI is InChI=1S/C48H30S/c1-2-13-31(14-3-1)44-29-36-30-45(39-20-5-7-23-42(39)47(36)41-22-6-4-19-38(41)44)35-18-11-16-33(28-35)32-15-10-17-34(27-32)37-24-12-25-43-40-21-8-9-26-46(40)49-48(37)43/h1-30H. The van der Waals surface area contributed by atoms with E-state index in [-0.39, 0.29) is 0 Å². The molecule has 0 bridgehead atoms. The highest BCUT2D eigenvalue weighted by molar-refractivity contribution is 7.26. The minimum atomic E-state index is 1.22. The van der Waals surface area contributed by atoms with Gasteiger partial charge in [-0.3, -0.25) is 0 Å². The molecule has 0 saturated carbocycles. The summed E-state index contributed by atoms with van der Waals surface area (Å²) in [5, 5.41) is 10.4. The maximum Gasteiger partial charge on any atom is 0.0433 e. The van der Waals surface area contributed by atoms with E-state index in [1.54, 1.807) is 0 Å². The zero-order chi connectivity index (χ0) is 32.3. The maximum absolute atomic E-state index is 2.41. The third-order valence-corrected chi connectivity index (χ3v) is 11.3. The lowest BCUT2D eigenvalue weighted by Crippen LogP contribution is -1.89. The van der Waals surface area contributed by atoms with E-state index in [0.29, 0.717) is 0 Å². The maximum atomic E-state index is 2.41. The first-order chi connectivity index (χ1) is 24.3. The van der Waals surface area contributed by atoms with Crippen LogP contribution in [-0.2, 0) is 0 Å². The first-order valence-corrected chi connectivity index (χ1v) is 17.7. The van der Waals surface area contributed by atoms with Crippen molar-refractivity contribution in [1.29, 1.82) is 0 Å². The highest BCUT2D eigenvalue weighted by Gasteiger charge is 2.16. The summed E-state index contributed by atoms with van der Waals surface area (Å²) < 4.78 is 2.68. The molecule has 1 heterocycles. The zero-order valence-corrected chi connectivity index (χ0v) is 27.5. The third kappa shape index (κ3) is 4.58. The second-order valence-electron chi connectivity index (χ2n) is 12.8. The van der Waals surface area contributed by atoms with Gasteiger partial charge in [-0.1, -0.05) is 152 Å². The summed E-state index contributed by atoms with van der Waals surface area (Å²) in [6.07, 6.45) is 0. The second kappa shape index (κ2) is 11.3. The molecule has 0 saturated heterocycles. The molecule has 0 unspecified atom stereocenters. The molecule has 0 spiro atoms. The smallest absolute Gasteiger partial charge is 0.0433 e. The second-order valence-corrected chi connectivity index (χ2v) is 13.9. The molecule has 0 amide bonds. The summed E-state index contributed by atoms with van der Waals surface area (Å²) in [5.74, 6) is 0. The summed E-state index contributed by atoms with van der Waals surface area (Å²) in [4.78, 5) is 0. The minimum Gasteiger partial charge on any atom is -0.135 e. The summed E-state index contributed by atoms with van der Waals surface area (Å²) >= 11 is 1.89. The van der Waals surface area contributed by atoms with Crippen LogP contribution in [0.15, 0.2) is 182 Å². The molecule has 0 aliphatic rings. The van der Waals surface area contributed by atoms with Gasteiger partial charge in [-0.05, 0) is 107 Å². The van der Waals surface area contributed by atoms with Crippen LogP contribution in [0.4, 0.5) is 0 Å². The molecule has 228 valence electrons. The van der Waals surface area contributed by atoms with Crippen LogP contribution in [0.25, 0.3) is 97.0 Å². The topological polar surface area (TPSA) is 0 Å². The molecule has 9 aromatic carbocycles. The van der Waals surface area contributed by atoms with Gasteiger partial charge in [0.15, 0.2) is 0 Å². The van der Waals surface area contributed by atoms with E-state index in [1.165, 1.54) is 97.0 Å². The monoisotopic (exact) mass is 638 g/mol. The van der Waals surface area contributed by atoms with Crippen LogP contribution in [-0.4, -0.2) is 0 Å². The first kappa shape index (κ1) is 28.0. The van der Waals surface area contributed by atoms with Crippen molar-refractivity contribution < 1.29 is 0 Å². The molecule has 49 heavy (non-hydrogen) atoms. The van der Waals surface area contributed by atoms with Crippen LogP contribution in [0.5, 0.6) is 0 Å². The van der Waals surface area contributed by atoms with Gasteiger partial charge in [0, 0.05) is 20.2 Å². The average molecular weight is 639 g/mol. The van der Waals surface area contributed by atoms with Gasteiger partial charge >= 0.3 is 0 Å². The Bertz CT molecular complexity index is 2870. The number of thiophene rings is 1. The van der Waals surface area contributed by atoms with Crippen molar-refractivity contribution in [3.05, 3.63) is 182 Å². The number of hydrogen-bond donors (Lipinski definition) is 0. The minimum absolute atomic E-state index is 1.22. The van der Waals surface area contributed by atoms with Crippen molar-refractivity contribution in [1.82, 2.24) is 0 Å². The molecule has 0 atom stereocenters. The number of benzene rings is 9. The lowest BCUT2D eigenvalue weighted by Gasteiger charge is -2.16. The lowest BCUT2D eigenvalue weighted by molar-refractivity contribution is 1.60. The normalized spacial score (nSPS) is 11.7. The van der Waals surface area contributed by atoms with Crippen molar-refractivity contribution in [2.75, 3.05) is 0 Å². The number of rotatable bonds is 4. The molecule has 0 N–H and O–H groups in total. The Labute approximate surface area is 289 Å². The van der Waals surface area contributed by atoms with Crippen LogP contribution in [0.1, 0.15) is 0 Å². The fraction of sp³-hybridized carbons (Fsp3) is 0. The van der Waals surface area contributed by atoms with E-state index in [1.807, 2.05) is 11.3 Å². The van der Waals surface area contributed by atoms with Crippen LogP contribution < -0.4 is 0 Å². The van der Waals surface area contributed by atoms with Gasteiger partial charge in [-0.15, -0.1) is 11.3 Å². The SMILES string of the molecule is c1ccc(-c2cc3cc(-c4cccc(-c5cccc(-c6cccc7c6sc6ccccc67)c5)c4)c4ccccc4c3c3ccccc23)cc1. The van der Waals surface area contributed by atoms with E-state index in [4.69, 9.17) is 0 Å². The molecule has 0 nitrogen and oxygen atoms in total. The van der Waals surface area contributed by atoms with E-state index in [9.17, 15) is 0 Å². The lowest BCUT2D eigenvalue weighted by atomic mass is 9.87. The van der Waals surface area contributed by atoms with Crippen molar-refractivity contribution in [3.63, 3.8) is 0 Å². The average Bonchev–Trinajstić information content (AvgIpc) is 3.56. The predicted molar refractivity (Wildman–Crippen MR) is 214 cm³/mol. The van der Waals surface area contributed by atoms with Crippen LogP contribution in [0.2, 0.25) is 0 Å². The Morgan fingerprint density at radius 3 is 1.43 bits per heavy atom. The van der Waals surface area contributed by atoms with Gasteiger partial charge in [0.2, 0.25) is 0 Å². The van der Waals surface area contributed by atoms with E-state index >= 15 is 0 Å². The fourth-order valence-corrected chi connectivity index (χ4v) is 9.02. The summed E-state index contributed by atoms with van der Waals surface area (Å²) in [6, 6.07) is 66.9.